The molecule has 1 heterocycles. The summed E-state index contributed by atoms with van der Waals surface area (Å²) in [7, 11) is 1.35. The van der Waals surface area contributed by atoms with Crippen LogP contribution in [-0.2, 0) is 4.74 Å². The zero-order valence-corrected chi connectivity index (χ0v) is 7.84. The Morgan fingerprint density at radius 1 is 1.90 bits per heavy atom. The first-order chi connectivity index (χ1) is 4.75. The molecule has 0 amide bonds. The van der Waals surface area contributed by atoms with E-state index in [0.717, 1.165) is 4.48 Å². The molecule has 5 heteroatoms. The number of carbonyl (C=O) groups excluding carboxylic acids is 1. The fourth-order valence-electron chi connectivity index (χ4n) is 0.569. The Balaban J connectivity index is 2.93. The van der Waals surface area contributed by atoms with Gasteiger partial charge >= 0.3 is 65.9 Å². The molecule has 1 rings (SSSR count). The van der Waals surface area contributed by atoms with Gasteiger partial charge in [0.05, 0.1) is 0 Å². The van der Waals surface area contributed by atoms with Gasteiger partial charge in [0.1, 0.15) is 0 Å². The Labute approximate surface area is 66.5 Å². The number of H-pyrrole nitrogens is 1. The van der Waals surface area contributed by atoms with Gasteiger partial charge in [-0.3, -0.25) is 0 Å². The van der Waals surface area contributed by atoms with Crippen molar-refractivity contribution in [1.82, 2.24) is 10.2 Å². The van der Waals surface area contributed by atoms with Crippen molar-refractivity contribution in [2.45, 2.75) is 0 Å². The number of ether oxygens (including phenoxy) is 1. The van der Waals surface area contributed by atoms with E-state index in [1.54, 1.807) is 0 Å². The van der Waals surface area contributed by atoms with Gasteiger partial charge in [0.2, 0.25) is 0 Å². The molecule has 1 atom stereocenters. The van der Waals surface area contributed by atoms with Gasteiger partial charge in [-0.15, -0.1) is 0 Å². The fraction of sp³-hybridized carbons (Fsp3) is 0.200. The van der Waals surface area contributed by atoms with Gasteiger partial charge in [-0.05, 0) is 0 Å². The summed E-state index contributed by atoms with van der Waals surface area (Å²) in [5.41, 5.74) is 0.516. The van der Waals surface area contributed by atoms with E-state index in [-0.39, 0.29) is 5.97 Å². The first-order valence-electron chi connectivity index (χ1n) is 2.63. The first-order valence-corrected chi connectivity index (χ1v) is 3.84. The number of methoxy groups -OCH3 is 1. The van der Waals surface area contributed by atoms with Gasteiger partial charge < -0.3 is 0 Å². The molecule has 0 bridgehead atoms. The van der Waals surface area contributed by atoms with Crippen molar-refractivity contribution < 1.29 is 9.53 Å². The summed E-state index contributed by atoms with van der Waals surface area (Å²) in [5, 5.41) is 6.34. The van der Waals surface area contributed by atoms with Crippen molar-refractivity contribution in [1.29, 1.82) is 0 Å². The minimum atomic E-state index is -0.340. The Bertz CT molecular complexity index is 246. The molecule has 0 aliphatic carbocycles. The van der Waals surface area contributed by atoms with E-state index in [9.17, 15) is 4.79 Å². The average Bonchev–Trinajstić information content (AvgIpc) is 2.34. The summed E-state index contributed by atoms with van der Waals surface area (Å²) in [6.07, 6.45) is 1.46. The topological polar surface area (TPSA) is 55.0 Å². The third-order valence-electron chi connectivity index (χ3n) is 1.07. The molecule has 0 fully saturated rings. The van der Waals surface area contributed by atoms with E-state index in [4.69, 9.17) is 0 Å². The molecule has 0 aromatic carbocycles. The minimum absolute atomic E-state index is 0.340. The van der Waals surface area contributed by atoms with Crippen LogP contribution in [0.15, 0.2) is 6.20 Å². The molecule has 0 spiro atoms. The Morgan fingerprint density at radius 2 is 2.60 bits per heavy atom. The summed E-state index contributed by atoms with van der Waals surface area (Å²) in [6.45, 7) is 0. The molecular weight excluding hydrogens is 195 g/mol. The number of nitrogens with zero attached hydrogens (tertiary/aromatic N) is 1. The second-order valence-corrected chi connectivity index (χ2v) is 2.90. The molecule has 54 valence electrons. The van der Waals surface area contributed by atoms with E-state index in [0.29, 0.717) is 5.56 Å². The van der Waals surface area contributed by atoms with Crippen LogP contribution in [0.2, 0.25) is 0 Å². The van der Waals surface area contributed by atoms with Crippen LogP contribution < -0.4 is 4.48 Å². The zero-order chi connectivity index (χ0) is 7.56. The number of hydrogen-bond donors (Lipinski definition) is 1. The number of hydrogen-bond acceptors (Lipinski definition) is 3. The molecule has 4 nitrogen and oxygen atoms in total. The molecule has 0 aliphatic rings. The summed E-state index contributed by atoms with van der Waals surface area (Å²) in [4.78, 5) is 10.8. The van der Waals surface area contributed by atoms with E-state index < -0.39 is 0 Å². The van der Waals surface area contributed by atoms with Gasteiger partial charge in [0.15, 0.2) is 0 Å². The van der Waals surface area contributed by atoms with E-state index in [2.05, 4.69) is 14.9 Å². The van der Waals surface area contributed by atoms with Crippen LogP contribution in [0.25, 0.3) is 0 Å². The van der Waals surface area contributed by atoms with Crippen LogP contribution in [0.5, 0.6) is 0 Å². The van der Waals surface area contributed by atoms with Crippen LogP contribution in [0.4, 0.5) is 0 Å². The van der Waals surface area contributed by atoms with Crippen molar-refractivity contribution in [2.75, 3.05) is 7.11 Å². The summed E-state index contributed by atoms with van der Waals surface area (Å²) < 4.78 is 5.28. The third-order valence-corrected chi connectivity index (χ3v) is 2.00. The quantitative estimate of drug-likeness (QED) is 0.443. The second-order valence-electron chi connectivity index (χ2n) is 1.69. The van der Waals surface area contributed by atoms with Crippen molar-refractivity contribution in [3.05, 3.63) is 11.8 Å². The number of aromatic nitrogens is 2. The number of esters is 1. The molecule has 0 saturated carbocycles. The molecule has 0 aliphatic heterocycles. The predicted octanol–water partition coefficient (Wildman–Crippen LogP) is -1.55. The zero-order valence-electron chi connectivity index (χ0n) is 5.42. The number of rotatable bonds is 1. The Kier molecular flexibility index (Phi) is 2.12. The summed E-state index contributed by atoms with van der Waals surface area (Å²) >= 11 is 1.32. The number of nitrogens with one attached hydrogen (secondary N) is 1. The van der Waals surface area contributed by atoms with Crippen molar-refractivity contribution in [3.8, 4) is 0 Å². The molecule has 10 heavy (non-hydrogen) atoms. The van der Waals surface area contributed by atoms with Gasteiger partial charge in [-0.25, -0.2) is 0 Å². The molecule has 1 unspecified atom stereocenters. The SMILES string of the molecule is COC(=O)c1cn[nH]c1[AsH2]. The summed E-state index contributed by atoms with van der Waals surface area (Å²) in [6, 6.07) is 0. The van der Waals surface area contributed by atoms with E-state index in [1.807, 2.05) is 0 Å². The monoisotopic (exact) mass is 202 g/mol. The average molecular weight is 202 g/mol. The van der Waals surface area contributed by atoms with Crippen LogP contribution in [0.3, 0.4) is 0 Å². The van der Waals surface area contributed by atoms with Crippen LogP contribution in [0.1, 0.15) is 10.4 Å². The van der Waals surface area contributed by atoms with Crippen LogP contribution in [-0.4, -0.2) is 40.1 Å². The first kappa shape index (κ1) is 7.35. The summed E-state index contributed by atoms with van der Waals surface area (Å²) in [5.74, 6) is -0.340. The fourth-order valence-corrected chi connectivity index (χ4v) is 1.13. The van der Waals surface area contributed by atoms with Gasteiger partial charge in [0.25, 0.3) is 0 Å². The molecule has 0 radical (unpaired) electrons. The Hall–Kier alpha value is -0.762. The van der Waals surface area contributed by atoms with Crippen molar-refractivity contribution in [2.24, 2.45) is 0 Å². The van der Waals surface area contributed by atoms with Gasteiger partial charge in [0, 0.05) is 0 Å². The normalized spacial score (nSPS) is 9.40. The maximum absolute atomic E-state index is 10.8. The number of aromatic amines is 1. The molecule has 1 aromatic rings. The Morgan fingerprint density at radius 3 is 3.00 bits per heavy atom. The maximum atomic E-state index is 10.8. The molecule has 1 N–H and O–H groups in total. The van der Waals surface area contributed by atoms with E-state index in [1.165, 1.54) is 30.2 Å². The van der Waals surface area contributed by atoms with Gasteiger partial charge in [-0.1, -0.05) is 0 Å². The third kappa shape index (κ3) is 1.21. The predicted molar refractivity (Wildman–Crippen MR) is 38.1 cm³/mol. The van der Waals surface area contributed by atoms with Crippen LogP contribution >= 0.6 is 0 Å². The van der Waals surface area contributed by atoms with Crippen molar-refractivity contribution >= 4 is 27.3 Å². The second kappa shape index (κ2) is 2.88. The standard InChI is InChI=1S/C5H7AsN2O2/c1-10-5(9)3-2-7-8-4(3)6/h2H,6H2,1H3,(H,7,8). The molecular formula is C5H7AsN2O2. The van der Waals surface area contributed by atoms with Crippen molar-refractivity contribution in [3.63, 3.8) is 0 Å². The molecule has 1 aromatic heterocycles. The van der Waals surface area contributed by atoms with E-state index >= 15 is 0 Å². The van der Waals surface area contributed by atoms with Gasteiger partial charge in [-0.2, -0.15) is 0 Å². The molecule has 0 saturated heterocycles. The van der Waals surface area contributed by atoms with Crippen LogP contribution in [0, 0.1) is 0 Å². The number of carbonyl (C=O) groups is 1.